The number of halogens is 3. The van der Waals surface area contributed by atoms with Crippen LogP contribution in [0.2, 0.25) is 0 Å². The van der Waals surface area contributed by atoms with E-state index in [1.165, 1.54) is 6.92 Å². The van der Waals surface area contributed by atoms with Gasteiger partial charge in [0.05, 0.1) is 7.11 Å². The average Bonchev–Trinajstić information content (AvgIpc) is 2.36. The van der Waals surface area contributed by atoms with Crippen molar-refractivity contribution in [3.05, 3.63) is 33.7 Å². The molecule has 1 atom stereocenters. The maximum Gasteiger partial charge on any atom is 0.431 e. The predicted molar refractivity (Wildman–Crippen MR) is 61.0 cm³/mol. The molecule has 0 aliphatic rings. The van der Waals surface area contributed by atoms with Gasteiger partial charge in [0.1, 0.15) is 17.3 Å². The molecule has 1 amide bonds. The van der Waals surface area contributed by atoms with Crippen LogP contribution in [0.4, 0.5) is 13.2 Å². The Bertz CT molecular complexity index is 580. The predicted octanol–water partition coefficient (Wildman–Crippen LogP) is 0.685. The number of aromatic nitrogens is 1. The largest absolute Gasteiger partial charge is 0.467 e. The molecular weight excluding hydrogens is 281 g/mol. The highest BCUT2D eigenvalue weighted by Gasteiger charge is 2.32. The van der Waals surface area contributed by atoms with Gasteiger partial charge in [0.2, 0.25) is 0 Å². The van der Waals surface area contributed by atoms with E-state index in [9.17, 15) is 27.6 Å². The summed E-state index contributed by atoms with van der Waals surface area (Å²) in [6, 6.07) is 0.273. The lowest BCUT2D eigenvalue weighted by atomic mass is 10.2. The second-order valence-corrected chi connectivity index (χ2v) is 3.83. The Morgan fingerprint density at radius 2 is 1.95 bits per heavy atom. The number of esters is 1. The monoisotopic (exact) mass is 292 g/mol. The Labute approximate surface area is 110 Å². The van der Waals surface area contributed by atoms with E-state index in [4.69, 9.17) is 0 Å². The first-order valence-electron chi connectivity index (χ1n) is 5.36. The number of aromatic amines is 1. The zero-order valence-electron chi connectivity index (χ0n) is 10.5. The van der Waals surface area contributed by atoms with E-state index in [0.29, 0.717) is 6.07 Å². The smallest absolute Gasteiger partial charge is 0.431 e. The van der Waals surface area contributed by atoms with Gasteiger partial charge in [0, 0.05) is 0 Å². The first-order valence-corrected chi connectivity index (χ1v) is 5.36. The lowest BCUT2D eigenvalue weighted by Gasteiger charge is -2.11. The first-order chi connectivity index (χ1) is 9.16. The van der Waals surface area contributed by atoms with Crippen LogP contribution < -0.4 is 10.9 Å². The Kier molecular flexibility index (Phi) is 4.53. The Morgan fingerprint density at radius 3 is 2.40 bits per heavy atom. The number of hydrogen-bond donors (Lipinski definition) is 2. The molecule has 1 aromatic rings. The standard InChI is InChI=1S/C11H11F3N2O4/c1-5(10(19)20-2)15-8(17)6-3-4-7(11(12,13)14)16-9(6)18/h3-5H,1-2H3,(H,15,17)(H,16,18). The fourth-order valence-electron chi connectivity index (χ4n) is 1.33. The van der Waals surface area contributed by atoms with Crippen LogP contribution in [0.3, 0.4) is 0 Å². The van der Waals surface area contributed by atoms with Crippen LogP contribution in [0.15, 0.2) is 16.9 Å². The second kappa shape index (κ2) is 5.76. The maximum atomic E-state index is 12.3. The maximum absolute atomic E-state index is 12.3. The number of alkyl halides is 3. The van der Waals surface area contributed by atoms with Crippen LogP contribution in [0.25, 0.3) is 0 Å². The number of carbonyl (C=O) groups is 2. The fraction of sp³-hybridized carbons (Fsp3) is 0.364. The summed E-state index contributed by atoms with van der Waals surface area (Å²) in [5, 5.41) is 2.13. The van der Waals surface area contributed by atoms with Crippen molar-refractivity contribution in [2.24, 2.45) is 0 Å². The van der Waals surface area contributed by atoms with Crippen molar-refractivity contribution in [3.63, 3.8) is 0 Å². The van der Waals surface area contributed by atoms with E-state index < -0.39 is 40.9 Å². The minimum Gasteiger partial charge on any atom is -0.467 e. The molecule has 20 heavy (non-hydrogen) atoms. The Balaban J connectivity index is 2.96. The van der Waals surface area contributed by atoms with Crippen LogP contribution in [-0.4, -0.2) is 30.0 Å². The lowest BCUT2D eigenvalue weighted by Crippen LogP contribution is -2.41. The van der Waals surface area contributed by atoms with Crippen LogP contribution in [0.5, 0.6) is 0 Å². The third-order valence-corrected chi connectivity index (χ3v) is 2.36. The third-order valence-electron chi connectivity index (χ3n) is 2.36. The van der Waals surface area contributed by atoms with Gasteiger partial charge in [-0.05, 0) is 19.1 Å². The van der Waals surface area contributed by atoms with Gasteiger partial charge in [-0.25, -0.2) is 4.79 Å². The van der Waals surface area contributed by atoms with Gasteiger partial charge in [-0.3, -0.25) is 9.59 Å². The van der Waals surface area contributed by atoms with Crippen LogP contribution in [0.1, 0.15) is 23.0 Å². The molecule has 0 saturated carbocycles. The molecule has 0 aromatic carbocycles. The number of amides is 1. The summed E-state index contributed by atoms with van der Waals surface area (Å²) in [6.45, 7) is 1.31. The summed E-state index contributed by atoms with van der Waals surface area (Å²) in [5.41, 5.74) is -3.00. The quantitative estimate of drug-likeness (QED) is 0.802. The molecule has 1 rings (SSSR count). The number of pyridine rings is 1. The molecule has 0 spiro atoms. The topological polar surface area (TPSA) is 88.3 Å². The lowest BCUT2D eigenvalue weighted by molar-refractivity contribution is -0.142. The molecule has 1 unspecified atom stereocenters. The van der Waals surface area contributed by atoms with Gasteiger partial charge in [0.25, 0.3) is 11.5 Å². The number of ether oxygens (including phenoxy) is 1. The zero-order valence-corrected chi connectivity index (χ0v) is 10.5. The number of nitrogens with one attached hydrogen (secondary N) is 2. The number of H-pyrrole nitrogens is 1. The van der Waals surface area contributed by atoms with E-state index >= 15 is 0 Å². The zero-order chi connectivity index (χ0) is 15.5. The third kappa shape index (κ3) is 3.59. The molecular formula is C11H11F3N2O4. The summed E-state index contributed by atoms with van der Waals surface area (Å²) in [6.07, 6.45) is -4.71. The van der Waals surface area contributed by atoms with Crippen molar-refractivity contribution in [1.29, 1.82) is 0 Å². The van der Waals surface area contributed by atoms with E-state index in [0.717, 1.165) is 13.2 Å². The van der Waals surface area contributed by atoms with Crippen molar-refractivity contribution < 1.29 is 27.5 Å². The van der Waals surface area contributed by atoms with Crippen LogP contribution in [0, 0.1) is 0 Å². The molecule has 2 N–H and O–H groups in total. The highest BCUT2D eigenvalue weighted by atomic mass is 19.4. The van der Waals surface area contributed by atoms with E-state index in [1.807, 2.05) is 0 Å². The van der Waals surface area contributed by atoms with Crippen molar-refractivity contribution in [3.8, 4) is 0 Å². The molecule has 0 radical (unpaired) electrons. The molecule has 0 fully saturated rings. The number of carbonyl (C=O) groups excluding carboxylic acids is 2. The first kappa shape index (κ1) is 15.7. The summed E-state index contributed by atoms with van der Waals surface area (Å²) in [7, 11) is 1.11. The van der Waals surface area contributed by atoms with Crippen molar-refractivity contribution in [1.82, 2.24) is 10.3 Å². The van der Waals surface area contributed by atoms with E-state index in [1.54, 1.807) is 4.98 Å². The fourth-order valence-corrected chi connectivity index (χ4v) is 1.33. The van der Waals surface area contributed by atoms with E-state index in [-0.39, 0.29) is 0 Å². The van der Waals surface area contributed by atoms with E-state index in [2.05, 4.69) is 10.1 Å². The minimum atomic E-state index is -4.71. The van der Waals surface area contributed by atoms with Crippen molar-refractivity contribution >= 4 is 11.9 Å². The second-order valence-electron chi connectivity index (χ2n) is 3.83. The van der Waals surface area contributed by atoms with Gasteiger partial charge >= 0.3 is 12.1 Å². The number of rotatable bonds is 3. The van der Waals surface area contributed by atoms with Crippen LogP contribution in [-0.2, 0) is 15.7 Å². The summed E-state index contributed by atoms with van der Waals surface area (Å²) in [5.74, 6) is -1.72. The summed E-state index contributed by atoms with van der Waals surface area (Å²) < 4.78 is 41.3. The Hall–Kier alpha value is -2.32. The molecule has 110 valence electrons. The summed E-state index contributed by atoms with van der Waals surface area (Å²) in [4.78, 5) is 35.7. The number of methoxy groups -OCH3 is 1. The highest BCUT2D eigenvalue weighted by molar-refractivity contribution is 5.96. The molecule has 0 aliphatic heterocycles. The minimum absolute atomic E-state index is 0.534. The van der Waals surface area contributed by atoms with Gasteiger partial charge in [-0.2, -0.15) is 13.2 Å². The van der Waals surface area contributed by atoms with Gasteiger partial charge < -0.3 is 15.0 Å². The summed E-state index contributed by atoms with van der Waals surface area (Å²) >= 11 is 0. The van der Waals surface area contributed by atoms with Crippen molar-refractivity contribution in [2.45, 2.75) is 19.1 Å². The highest BCUT2D eigenvalue weighted by Crippen LogP contribution is 2.26. The van der Waals surface area contributed by atoms with Crippen molar-refractivity contribution in [2.75, 3.05) is 7.11 Å². The number of hydrogen-bond acceptors (Lipinski definition) is 4. The molecule has 0 saturated heterocycles. The molecule has 9 heteroatoms. The normalized spacial score (nSPS) is 12.7. The SMILES string of the molecule is COC(=O)C(C)NC(=O)c1ccc(C(F)(F)F)[nH]c1=O. The molecule has 1 aromatic heterocycles. The van der Waals surface area contributed by atoms with Gasteiger partial charge in [-0.1, -0.05) is 0 Å². The molecule has 0 aliphatic carbocycles. The average molecular weight is 292 g/mol. The Morgan fingerprint density at radius 1 is 1.35 bits per heavy atom. The van der Waals surface area contributed by atoms with Gasteiger partial charge in [0.15, 0.2) is 0 Å². The van der Waals surface area contributed by atoms with Crippen LogP contribution >= 0.6 is 0 Å². The van der Waals surface area contributed by atoms with Gasteiger partial charge in [-0.15, -0.1) is 0 Å². The molecule has 1 heterocycles. The molecule has 0 bridgehead atoms. The molecule has 6 nitrogen and oxygen atoms in total.